The molecule has 2 bridgehead atoms. The normalized spacial score (nSPS) is 35.2. The summed E-state index contributed by atoms with van der Waals surface area (Å²) >= 11 is 0. The summed E-state index contributed by atoms with van der Waals surface area (Å²) in [5.41, 5.74) is 0.724. The van der Waals surface area contributed by atoms with Gasteiger partial charge in [0, 0.05) is 24.3 Å². The maximum atomic E-state index is 13.3. The number of fused-ring (bicyclic) bond motifs is 2. The van der Waals surface area contributed by atoms with Gasteiger partial charge in [-0.1, -0.05) is 31.4 Å². The Labute approximate surface area is 140 Å². The van der Waals surface area contributed by atoms with Gasteiger partial charge in [0.25, 0.3) is 0 Å². The molecule has 2 heterocycles. The number of benzene rings is 1. The van der Waals surface area contributed by atoms with Crippen LogP contribution in [0, 0.1) is 11.7 Å². The number of rotatable bonds is 2. The topological polar surface area (TPSA) is 46.2 Å². The molecule has 6 heteroatoms. The molecule has 0 radical (unpaired) electrons. The van der Waals surface area contributed by atoms with Gasteiger partial charge < -0.3 is 4.74 Å². The Balaban J connectivity index is 1.55. The van der Waals surface area contributed by atoms with Crippen molar-refractivity contribution in [3.63, 3.8) is 0 Å². The van der Waals surface area contributed by atoms with E-state index in [-0.39, 0.29) is 11.7 Å². The van der Waals surface area contributed by atoms with Crippen molar-refractivity contribution in [3.8, 4) is 0 Å². The number of hydrogen-bond donors (Lipinski definition) is 0. The van der Waals surface area contributed by atoms with Crippen LogP contribution in [0.3, 0.4) is 0 Å². The first kappa shape index (κ1) is 16.4. The van der Waals surface area contributed by atoms with Gasteiger partial charge in [-0.2, -0.15) is 14.7 Å². The molecule has 0 spiro atoms. The quantitative estimate of drug-likeness (QED) is 0.752. The molecule has 0 aromatic heterocycles. The van der Waals surface area contributed by atoms with Crippen LogP contribution < -0.4 is 0 Å². The fourth-order valence-electron chi connectivity index (χ4n) is 3.75. The van der Waals surface area contributed by atoms with E-state index in [9.17, 15) is 4.39 Å². The molecule has 2 saturated heterocycles. The minimum Gasteiger partial charge on any atom is -0.311 e. The minimum atomic E-state index is -1.08. The zero-order valence-corrected chi connectivity index (χ0v) is 13.6. The van der Waals surface area contributed by atoms with Gasteiger partial charge in [-0.3, -0.25) is 0 Å². The highest BCUT2D eigenvalue weighted by molar-refractivity contribution is 5.21. The first-order chi connectivity index (χ1) is 11.8. The molecule has 0 amide bonds. The second kappa shape index (κ2) is 7.06. The zero-order valence-electron chi connectivity index (χ0n) is 13.6. The summed E-state index contributed by atoms with van der Waals surface area (Å²) in [5.74, 6) is -1.12. The van der Waals surface area contributed by atoms with Crippen LogP contribution in [0.15, 0.2) is 24.3 Å². The smallest absolute Gasteiger partial charge is 0.230 e. The van der Waals surface area contributed by atoms with Crippen molar-refractivity contribution in [3.05, 3.63) is 35.6 Å². The molecule has 1 aromatic carbocycles. The second-order valence-corrected chi connectivity index (χ2v) is 6.84. The summed E-state index contributed by atoms with van der Waals surface area (Å²) in [7, 11) is 0. The zero-order chi connectivity index (χ0) is 16.4. The van der Waals surface area contributed by atoms with E-state index in [1.807, 2.05) is 0 Å². The third-order valence-corrected chi connectivity index (χ3v) is 5.12. The summed E-state index contributed by atoms with van der Waals surface area (Å²) in [5, 5.41) is 0. The lowest BCUT2D eigenvalue weighted by Crippen LogP contribution is -2.46. The SMILES string of the molecule is Fc1ccc([C@@]23CCC[C@@H](OO[C@H](C4CCCCC4)OO2)O3)cc1. The molecule has 0 unspecified atom stereocenters. The van der Waals surface area contributed by atoms with E-state index in [0.29, 0.717) is 6.42 Å². The van der Waals surface area contributed by atoms with Crippen molar-refractivity contribution in [2.75, 3.05) is 0 Å². The maximum Gasteiger partial charge on any atom is 0.230 e. The fraction of sp³-hybridized carbons (Fsp3) is 0.667. The van der Waals surface area contributed by atoms with Crippen LogP contribution in [0.2, 0.25) is 0 Å². The van der Waals surface area contributed by atoms with Crippen molar-refractivity contribution >= 4 is 0 Å². The van der Waals surface area contributed by atoms with E-state index in [4.69, 9.17) is 24.3 Å². The highest BCUT2D eigenvalue weighted by atomic mass is 19.1. The highest BCUT2D eigenvalue weighted by Gasteiger charge is 2.46. The molecule has 4 rings (SSSR count). The Morgan fingerprint density at radius 1 is 0.875 bits per heavy atom. The third-order valence-electron chi connectivity index (χ3n) is 5.12. The van der Waals surface area contributed by atoms with Gasteiger partial charge in [-0.15, -0.1) is 0 Å². The van der Waals surface area contributed by atoms with Crippen molar-refractivity contribution in [1.82, 2.24) is 0 Å². The van der Waals surface area contributed by atoms with E-state index in [2.05, 4.69) is 0 Å². The van der Waals surface area contributed by atoms with Crippen LogP contribution in [-0.2, 0) is 30.1 Å². The molecule has 3 atom stereocenters. The summed E-state index contributed by atoms with van der Waals surface area (Å²) in [6.07, 6.45) is 6.75. The Morgan fingerprint density at radius 3 is 2.46 bits per heavy atom. The predicted molar refractivity (Wildman–Crippen MR) is 81.5 cm³/mol. The molecule has 5 nitrogen and oxygen atoms in total. The van der Waals surface area contributed by atoms with Gasteiger partial charge >= 0.3 is 0 Å². The van der Waals surface area contributed by atoms with Crippen LogP contribution in [0.4, 0.5) is 4.39 Å². The molecule has 1 aliphatic carbocycles. The van der Waals surface area contributed by atoms with Crippen LogP contribution >= 0.6 is 0 Å². The Hall–Kier alpha value is -1.05. The molecule has 1 saturated carbocycles. The van der Waals surface area contributed by atoms with Crippen molar-refractivity contribution < 1.29 is 28.7 Å². The Morgan fingerprint density at radius 2 is 1.67 bits per heavy atom. The number of ether oxygens (including phenoxy) is 1. The number of halogens is 1. The average Bonchev–Trinajstić information content (AvgIpc) is 2.62. The van der Waals surface area contributed by atoms with E-state index in [1.165, 1.54) is 18.6 Å². The lowest BCUT2D eigenvalue weighted by molar-refractivity contribution is -0.595. The van der Waals surface area contributed by atoms with Crippen molar-refractivity contribution in [2.45, 2.75) is 69.7 Å². The van der Waals surface area contributed by atoms with Crippen molar-refractivity contribution in [2.24, 2.45) is 5.92 Å². The molecule has 3 fully saturated rings. The van der Waals surface area contributed by atoms with E-state index in [0.717, 1.165) is 44.1 Å². The van der Waals surface area contributed by atoms with Gasteiger partial charge in [-0.25, -0.2) is 9.28 Å². The lowest BCUT2D eigenvalue weighted by Gasteiger charge is -2.42. The molecule has 2 aliphatic heterocycles. The van der Waals surface area contributed by atoms with E-state index in [1.54, 1.807) is 12.1 Å². The summed E-state index contributed by atoms with van der Waals surface area (Å²) in [6, 6.07) is 6.13. The van der Waals surface area contributed by atoms with Gasteiger partial charge in [0.05, 0.1) is 0 Å². The van der Waals surface area contributed by atoms with Gasteiger partial charge in [-0.05, 0) is 31.4 Å². The Bertz CT molecular complexity index is 545. The molecule has 0 N–H and O–H groups in total. The van der Waals surface area contributed by atoms with Crippen molar-refractivity contribution in [1.29, 1.82) is 0 Å². The monoisotopic (exact) mass is 338 g/mol. The molecular formula is C18H23FO5. The van der Waals surface area contributed by atoms with Crippen LogP contribution in [0.5, 0.6) is 0 Å². The molecule has 24 heavy (non-hydrogen) atoms. The fourth-order valence-corrected chi connectivity index (χ4v) is 3.75. The molecule has 1 aromatic rings. The third kappa shape index (κ3) is 3.34. The Kier molecular flexibility index (Phi) is 4.83. The second-order valence-electron chi connectivity index (χ2n) is 6.84. The standard InChI is InChI=1S/C18H23FO5/c19-15-10-8-14(9-11-15)18-12-4-7-16(20-18)21-22-17(23-24-18)13-5-2-1-3-6-13/h8-11,13,16-17H,1-7,12H2/t16-,17+,18-/m1/s1. The van der Waals surface area contributed by atoms with Crippen LogP contribution in [0.1, 0.15) is 56.9 Å². The van der Waals surface area contributed by atoms with Gasteiger partial charge in [0.1, 0.15) is 5.82 Å². The first-order valence-electron chi connectivity index (χ1n) is 8.86. The molecule has 132 valence electrons. The number of hydrogen-bond acceptors (Lipinski definition) is 5. The van der Waals surface area contributed by atoms with Crippen LogP contribution in [0.25, 0.3) is 0 Å². The summed E-state index contributed by atoms with van der Waals surface area (Å²) in [4.78, 5) is 22.4. The average molecular weight is 338 g/mol. The van der Waals surface area contributed by atoms with Gasteiger partial charge in [0.2, 0.25) is 12.1 Å². The highest BCUT2D eigenvalue weighted by Crippen LogP contribution is 2.42. The van der Waals surface area contributed by atoms with E-state index >= 15 is 0 Å². The van der Waals surface area contributed by atoms with Gasteiger partial charge in [0.15, 0.2) is 6.29 Å². The minimum absolute atomic E-state index is 0.253. The first-order valence-corrected chi connectivity index (χ1v) is 8.86. The van der Waals surface area contributed by atoms with E-state index < -0.39 is 18.4 Å². The summed E-state index contributed by atoms with van der Waals surface area (Å²) < 4.78 is 19.2. The largest absolute Gasteiger partial charge is 0.311 e. The van der Waals surface area contributed by atoms with Crippen LogP contribution in [-0.4, -0.2) is 12.6 Å². The summed E-state index contributed by atoms with van der Waals surface area (Å²) in [6.45, 7) is 0. The molecule has 3 aliphatic rings. The maximum absolute atomic E-state index is 13.3. The lowest BCUT2D eigenvalue weighted by atomic mass is 9.89. The predicted octanol–water partition coefficient (Wildman–Crippen LogP) is 4.32. The molecular weight excluding hydrogens is 315 g/mol.